The van der Waals surface area contributed by atoms with Crippen LogP contribution in [0.2, 0.25) is 0 Å². The summed E-state index contributed by atoms with van der Waals surface area (Å²) in [6.07, 6.45) is 7.08. The molecule has 3 N–H and O–H groups in total. The maximum absolute atomic E-state index is 12.0. The summed E-state index contributed by atoms with van der Waals surface area (Å²) in [4.78, 5) is 12.0. The summed E-state index contributed by atoms with van der Waals surface area (Å²) in [6, 6.07) is 2.27. The summed E-state index contributed by atoms with van der Waals surface area (Å²) >= 11 is 0. The van der Waals surface area contributed by atoms with Crippen LogP contribution < -0.4 is 11.1 Å². The van der Waals surface area contributed by atoms with E-state index in [4.69, 9.17) is 10.3 Å². The second kappa shape index (κ2) is 6.04. The van der Waals surface area contributed by atoms with Gasteiger partial charge in [0.1, 0.15) is 12.0 Å². The highest BCUT2D eigenvalue weighted by atomic mass is 16.5. The van der Waals surface area contributed by atoms with Crippen LogP contribution >= 0.6 is 0 Å². The van der Waals surface area contributed by atoms with Crippen LogP contribution in [-0.4, -0.2) is 32.1 Å². The van der Waals surface area contributed by atoms with Crippen LogP contribution in [-0.2, 0) is 6.54 Å². The second-order valence-electron chi connectivity index (χ2n) is 5.33. The smallest absolute Gasteiger partial charge is 0.273 e. The lowest BCUT2D eigenvalue weighted by molar-refractivity contribution is 0.0945. The molecule has 0 spiro atoms. The van der Waals surface area contributed by atoms with Crippen LogP contribution in [0.25, 0.3) is 0 Å². The van der Waals surface area contributed by atoms with E-state index in [0.29, 0.717) is 17.9 Å². The Morgan fingerprint density at radius 3 is 2.95 bits per heavy atom. The molecule has 0 unspecified atom stereocenters. The first-order valence-corrected chi connectivity index (χ1v) is 7.07. The highest BCUT2D eigenvalue weighted by molar-refractivity contribution is 5.91. The van der Waals surface area contributed by atoms with E-state index in [-0.39, 0.29) is 18.0 Å². The molecule has 1 fully saturated rings. The Bertz CT molecular complexity index is 586. The van der Waals surface area contributed by atoms with E-state index in [2.05, 4.69) is 20.8 Å². The monoisotopic (exact) mass is 290 g/mol. The number of hydrogen-bond donors (Lipinski definition) is 2. The van der Waals surface area contributed by atoms with E-state index in [1.54, 1.807) is 16.9 Å². The minimum Gasteiger partial charge on any atom is -0.364 e. The summed E-state index contributed by atoms with van der Waals surface area (Å²) < 4.78 is 6.48. The molecule has 0 aromatic carbocycles. The van der Waals surface area contributed by atoms with Crippen molar-refractivity contribution in [1.82, 2.24) is 25.5 Å². The first-order chi connectivity index (χ1) is 10.2. The van der Waals surface area contributed by atoms with Gasteiger partial charge >= 0.3 is 0 Å². The second-order valence-corrected chi connectivity index (χ2v) is 5.33. The minimum atomic E-state index is -0.267. The molecule has 0 aliphatic heterocycles. The van der Waals surface area contributed by atoms with Gasteiger partial charge in [-0.05, 0) is 25.7 Å². The van der Waals surface area contributed by atoms with Crippen molar-refractivity contribution in [3.63, 3.8) is 0 Å². The molecule has 1 saturated carbocycles. The molecule has 3 rings (SSSR count). The van der Waals surface area contributed by atoms with Crippen molar-refractivity contribution in [2.45, 2.75) is 44.3 Å². The van der Waals surface area contributed by atoms with Crippen LogP contribution in [0, 0.1) is 0 Å². The highest BCUT2D eigenvalue weighted by Gasteiger charge is 2.22. The van der Waals surface area contributed by atoms with Crippen molar-refractivity contribution in [3.05, 3.63) is 29.9 Å². The predicted molar refractivity (Wildman–Crippen MR) is 73.2 cm³/mol. The molecule has 0 atom stereocenters. The number of nitrogens with two attached hydrogens (primary N) is 1. The Labute approximate surface area is 121 Å². The van der Waals surface area contributed by atoms with Crippen LogP contribution in [0.15, 0.2) is 23.0 Å². The first-order valence-electron chi connectivity index (χ1n) is 7.07. The van der Waals surface area contributed by atoms with Gasteiger partial charge in [-0.15, -0.1) is 5.10 Å². The average molecular weight is 290 g/mol. The Hall–Kier alpha value is -2.22. The fourth-order valence-corrected chi connectivity index (χ4v) is 2.52. The molecule has 2 aromatic heterocycles. The maximum Gasteiger partial charge on any atom is 0.273 e. The molecular formula is C13H18N6O2. The largest absolute Gasteiger partial charge is 0.364 e. The van der Waals surface area contributed by atoms with E-state index in [1.165, 1.54) is 6.26 Å². The molecule has 0 saturated heterocycles. The van der Waals surface area contributed by atoms with Gasteiger partial charge in [0.2, 0.25) is 0 Å². The van der Waals surface area contributed by atoms with Crippen molar-refractivity contribution in [2.75, 3.05) is 0 Å². The van der Waals surface area contributed by atoms with Crippen molar-refractivity contribution < 1.29 is 9.32 Å². The molecule has 21 heavy (non-hydrogen) atoms. The average Bonchev–Trinajstić information content (AvgIpc) is 3.17. The van der Waals surface area contributed by atoms with Gasteiger partial charge in [-0.2, -0.15) is 0 Å². The van der Waals surface area contributed by atoms with E-state index in [9.17, 15) is 4.79 Å². The molecule has 2 aromatic rings. The molecular weight excluding hydrogens is 272 g/mol. The number of carbonyl (C=O) groups excluding carboxylic acids is 1. The highest BCUT2D eigenvalue weighted by Crippen LogP contribution is 2.26. The van der Waals surface area contributed by atoms with Crippen LogP contribution in [0.3, 0.4) is 0 Å². The zero-order valence-electron chi connectivity index (χ0n) is 11.6. The lowest BCUT2D eigenvalue weighted by Crippen LogP contribution is -2.28. The SMILES string of the molecule is NC1CCC(n2cc(C(=O)NCc3ccon3)nn2)CC1. The standard InChI is InChI=1S/C13H18N6O2/c14-9-1-3-11(4-2-9)19-8-12(16-18-19)13(20)15-7-10-5-6-21-17-10/h5-6,8-9,11H,1-4,7,14H2,(H,15,20). The van der Waals surface area contributed by atoms with Gasteiger partial charge in [0, 0.05) is 12.1 Å². The van der Waals surface area contributed by atoms with E-state index in [0.717, 1.165) is 25.7 Å². The molecule has 8 nitrogen and oxygen atoms in total. The summed E-state index contributed by atoms with van der Waals surface area (Å²) in [5.41, 5.74) is 6.87. The predicted octanol–water partition coefficient (Wildman–Crippen LogP) is 0.638. The number of amides is 1. The van der Waals surface area contributed by atoms with Gasteiger partial charge < -0.3 is 15.6 Å². The lowest BCUT2D eigenvalue weighted by atomic mass is 9.92. The number of aromatic nitrogens is 4. The molecule has 0 radical (unpaired) electrons. The van der Waals surface area contributed by atoms with Crippen molar-refractivity contribution in [1.29, 1.82) is 0 Å². The van der Waals surface area contributed by atoms with Crippen molar-refractivity contribution >= 4 is 5.91 Å². The molecule has 1 amide bonds. The number of nitrogens with one attached hydrogen (secondary N) is 1. The van der Waals surface area contributed by atoms with Crippen LogP contribution in [0.1, 0.15) is 47.9 Å². The zero-order chi connectivity index (χ0) is 14.7. The fourth-order valence-electron chi connectivity index (χ4n) is 2.52. The summed E-state index contributed by atoms with van der Waals surface area (Å²) in [5.74, 6) is -0.267. The number of hydrogen-bond acceptors (Lipinski definition) is 6. The van der Waals surface area contributed by atoms with E-state index < -0.39 is 0 Å². The Morgan fingerprint density at radius 1 is 1.43 bits per heavy atom. The van der Waals surface area contributed by atoms with Crippen molar-refractivity contribution in [2.24, 2.45) is 5.73 Å². The Balaban J connectivity index is 1.57. The third-order valence-electron chi connectivity index (χ3n) is 3.78. The fraction of sp³-hybridized carbons (Fsp3) is 0.538. The third kappa shape index (κ3) is 3.27. The Morgan fingerprint density at radius 2 is 2.24 bits per heavy atom. The molecule has 112 valence electrons. The number of rotatable bonds is 4. The van der Waals surface area contributed by atoms with E-state index in [1.807, 2.05) is 0 Å². The molecule has 8 heteroatoms. The number of nitrogens with zero attached hydrogens (tertiary/aromatic N) is 4. The quantitative estimate of drug-likeness (QED) is 0.854. The lowest BCUT2D eigenvalue weighted by Gasteiger charge is -2.25. The summed E-state index contributed by atoms with van der Waals surface area (Å²) in [6.45, 7) is 0.306. The maximum atomic E-state index is 12.0. The van der Waals surface area contributed by atoms with Crippen LogP contribution in [0.4, 0.5) is 0 Å². The molecule has 2 heterocycles. The van der Waals surface area contributed by atoms with Gasteiger partial charge in [-0.25, -0.2) is 4.68 Å². The topological polar surface area (TPSA) is 112 Å². The van der Waals surface area contributed by atoms with Gasteiger partial charge in [-0.3, -0.25) is 4.79 Å². The minimum absolute atomic E-state index is 0.267. The normalized spacial score (nSPS) is 22.1. The van der Waals surface area contributed by atoms with Crippen molar-refractivity contribution in [3.8, 4) is 0 Å². The van der Waals surface area contributed by atoms with Gasteiger partial charge in [0.15, 0.2) is 5.69 Å². The van der Waals surface area contributed by atoms with E-state index >= 15 is 0 Å². The summed E-state index contributed by atoms with van der Waals surface area (Å²) in [7, 11) is 0. The van der Waals surface area contributed by atoms with Gasteiger partial charge in [0.05, 0.1) is 18.8 Å². The summed E-state index contributed by atoms with van der Waals surface area (Å²) in [5, 5.41) is 14.5. The molecule has 0 bridgehead atoms. The zero-order valence-corrected chi connectivity index (χ0v) is 11.6. The van der Waals surface area contributed by atoms with Crippen LogP contribution in [0.5, 0.6) is 0 Å². The molecule has 1 aliphatic rings. The molecule has 1 aliphatic carbocycles. The Kier molecular flexibility index (Phi) is 3.96. The van der Waals surface area contributed by atoms with Gasteiger partial charge in [-0.1, -0.05) is 10.4 Å². The number of carbonyl (C=O) groups is 1. The third-order valence-corrected chi connectivity index (χ3v) is 3.78. The first kappa shape index (κ1) is 13.7. The van der Waals surface area contributed by atoms with Gasteiger partial charge in [0.25, 0.3) is 5.91 Å².